The van der Waals surface area contributed by atoms with Gasteiger partial charge in [-0.05, 0) is 58.5 Å². The third kappa shape index (κ3) is 3.78. The molecule has 0 unspecified atom stereocenters. The van der Waals surface area contributed by atoms with E-state index in [0.717, 1.165) is 61.1 Å². The number of aromatic amines is 1. The minimum atomic E-state index is -0.164. The molecule has 4 aromatic rings. The quantitative estimate of drug-likeness (QED) is 0.550. The van der Waals surface area contributed by atoms with Crippen molar-refractivity contribution in [2.24, 2.45) is 0 Å². The van der Waals surface area contributed by atoms with Gasteiger partial charge >= 0.3 is 0 Å². The maximum atomic E-state index is 14.0. The van der Waals surface area contributed by atoms with Crippen LogP contribution < -0.4 is 10.5 Å². The van der Waals surface area contributed by atoms with Crippen molar-refractivity contribution in [1.82, 2.24) is 9.88 Å². The Labute approximate surface area is 172 Å². The zero-order valence-electron chi connectivity index (χ0n) is 16.0. The van der Waals surface area contributed by atoms with E-state index in [0.29, 0.717) is 0 Å². The summed E-state index contributed by atoms with van der Waals surface area (Å²) in [7, 11) is 0. The molecule has 0 bridgehead atoms. The molecule has 1 fully saturated rings. The van der Waals surface area contributed by atoms with Crippen LogP contribution >= 0.6 is 11.3 Å². The molecule has 0 amide bonds. The van der Waals surface area contributed by atoms with Gasteiger partial charge in [0.05, 0.1) is 10.4 Å². The highest BCUT2D eigenvalue weighted by atomic mass is 32.1. The van der Waals surface area contributed by atoms with E-state index in [2.05, 4.69) is 33.0 Å². The summed E-state index contributed by atoms with van der Waals surface area (Å²) in [6.07, 6.45) is 0.946. The van der Waals surface area contributed by atoms with Crippen molar-refractivity contribution in [2.45, 2.75) is 6.42 Å². The standard InChI is InChI=1S/C23H22FN3OS/c24-19-14-18-6-12-29-23(18)21(15-19)27-10-8-26(9-11-27)7-5-16-1-2-17-3-4-22(28)25-20(17)13-16/h1-4,6,12-15H,5,7-11H2,(H,25,28). The number of thiophene rings is 1. The third-order valence-corrected chi connectivity index (χ3v) is 6.67. The minimum absolute atomic E-state index is 0.0667. The van der Waals surface area contributed by atoms with Crippen molar-refractivity contribution < 1.29 is 4.39 Å². The van der Waals surface area contributed by atoms with Crippen molar-refractivity contribution >= 4 is 38.0 Å². The molecule has 3 heterocycles. The van der Waals surface area contributed by atoms with Crippen LogP contribution in [-0.4, -0.2) is 42.6 Å². The fourth-order valence-electron chi connectivity index (χ4n) is 4.11. The lowest BCUT2D eigenvalue weighted by molar-refractivity contribution is 0.261. The Balaban J connectivity index is 1.23. The summed E-state index contributed by atoms with van der Waals surface area (Å²) in [5.41, 5.74) is 3.08. The van der Waals surface area contributed by atoms with Gasteiger partial charge in [0.1, 0.15) is 5.82 Å². The van der Waals surface area contributed by atoms with E-state index < -0.39 is 0 Å². The zero-order valence-corrected chi connectivity index (χ0v) is 16.8. The summed E-state index contributed by atoms with van der Waals surface area (Å²) in [5.74, 6) is -0.164. The van der Waals surface area contributed by atoms with Crippen LogP contribution in [-0.2, 0) is 6.42 Å². The van der Waals surface area contributed by atoms with Crippen LogP contribution in [0.3, 0.4) is 0 Å². The van der Waals surface area contributed by atoms with Crippen molar-refractivity contribution in [3.8, 4) is 0 Å². The van der Waals surface area contributed by atoms with Gasteiger partial charge in [0.15, 0.2) is 0 Å². The van der Waals surface area contributed by atoms with Crippen molar-refractivity contribution in [3.63, 3.8) is 0 Å². The highest BCUT2D eigenvalue weighted by molar-refractivity contribution is 7.17. The lowest BCUT2D eigenvalue weighted by Crippen LogP contribution is -2.47. The van der Waals surface area contributed by atoms with E-state index in [1.165, 1.54) is 10.3 Å². The Morgan fingerprint density at radius 2 is 1.79 bits per heavy atom. The number of rotatable bonds is 4. The van der Waals surface area contributed by atoms with E-state index in [1.807, 2.05) is 17.5 Å². The van der Waals surface area contributed by atoms with Crippen LogP contribution in [0.4, 0.5) is 10.1 Å². The predicted octanol–water partition coefficient (Wildman–Crippen LogP) is 4.25. The van der Waals surface area contributed by atoms with Crippen LogP contribution in [0.25, 0.3) is 21.0 Å². The molecule has 2 aromatic carbocycles. The van der Waals surface area contributed by atoms with Gasteiger partial charge in [0.2, 0.25) is 5.56 Å². The van der Waals surface area contributed by atoms with Gasteiger partial charge in [-0.25, -0.2) is 4.39 Å². The minimum Gasteiger partial charge on any atom is -0.368 e. The van der Waals surface area contributed by atoms with E-state index >= 15 is 0 Å². The molecule has 29 heavy (non-hydrogen) atoms. The number of hydrogen-bond donors (Lipinski definition) is 1. The molecule has 1 aliphatic heterocycles. The summed E-state index contributed by atoms with van der Waals surface area (Å²) in [6, 6.07) is 15.0. The molecule has 1 aliphatic rings. The summed E-state index contributed by atoms with van der Waals surface area (Å²) in [5, 5.41) is 4.07. The molecule has 4 nitrogen and oxygen atoms in total. The molecule has 0 aliphatic carbocycles. The first-order valence-corrected chi connectivity index (χ1v) is 10.8. The average Bonchev–Trinajstić information content (AvgIpc) is 3.20. The molecule has 1 N–H and O–H groups in total. The van der Waals surface area contributed by atoms with E-state index in [-0.39, 0.29) is 11.4 Å². The van der Waals surface area contributed by atoms with E-state index in [1.54, 1.807) is 29.5 Å². The Kier molecular flexibility index (Phi) is 4.81. The van der Waals surface area contributed by atoms with Crippen molar-refractivity contribution in [3.05, 3.63) is 75.6 Å². The van der Waals surface area contributed by atoms with Crippen LogP contribution in [0.2, 0.25) is 0 Å². The van der Waals surface area contributed by atoms with Crippen LogP contribution in [0.5, 0.6) is 0 Å². The molecule has 0 saturated carbocycles. The lowest BCUT2D eigenvalue weighted by Gasteiger charge is -2.36. The highest BCUT2D eigenvalue weighted by Crippen LogP contribution is 2.33. The van der Waals surface area contributed by atoms with E-state index in [4.69, 9.17) is 0 Å². The number of H-pyrrole nitrogens is 1. The number of anilines is 1. The maximum Gasteiger partial charge on any atom is 0.248 e. The molecule has 2 aromatic heterocycles. The average molecular weight is 408 g/mol. The number of aromatic nitrogens is 1. The largest absolute Gasteiger partial charge is 0.368 e. The SMILES string of the molecule is O=c1ccc2ccc(CCN3CCN(c4cc(F)cc5ccsc45)CC3)cc2[nH]1. The van der Waals surface area contributed by atoms with Crippen LogP contribution in [0, 0.1) is 5.82 Å². The highest BCUT2D eigenvalue weighted by Gasteiger charge is 2.19. The molecule has 0 radical (unpaired) electrons. The summed E-state index contributed by atoms with van der Waals surface area (Å²) < 4.78 is 15.2. The number of fused-ring (bicyclic) bond motifs is 2. The Hall–Kier alpha value is -2.70. The Morgan fingerprint density at radius 3 is 2.66 bits per heavy atom. The number of nitrogens with zero attached hydrogens (tertiary/aromatic N) is 2. The van der Waals surface area contributed by atoms with Crippen molar-refractivity contribution in [1.29, 1.82) is 0 Å². The van der Waals surface area contributed by atoms with Gasteiger partial charge in [0.25, 0.3) is 0 Å². The number of nitrogens with one attached hydrogen (secondary N) is 1. The summed E-state index contributed by atoms with van der Waals surface area (Å²) in [6.45, 7) is 4.72. The first kappa shape index (κ1) is 18.3. The maximum absolute atomic E-state index is 14.0. The molecule has 0 atom stereocenters. The molecule has 1 saturated heterocycles. The second-order valence-electron chi connectivity index (χ2n) is 7.59. The number of benzene rings is 2. The Bertz CT molecular complexity index is 1220. The monoisotopic (exact) mass is 407 g/mol. The smallest absolute Gasteiger partial charge is 0.248 e. The van der Waals surface area contributed by atoms with E-state index in [9.17, 15) is 9.18 Å². The fraction of sp³-hybridized carbons (Fsp3) is 0.261. The molecule has 148 valence electrons. The molecular weight excluding hydrogens is 385 g/mol. The number of hydrogen-bond acceptors (Lipinski definition) is 4. The van der Waals surface area contributed by atoms with Gasteiger partial charge in [-0.15, -0.1) is 11.3 Å². The van der Waals surface area contributed by atoms with Crippen LogP contribution in [0.15, 0.2) is 58.7 Å². The van der Waals surface area contributed by atoms with Gasteiger partial charge in [-0.2, -0.15) is 0 Å². The first-order chi connectivity index (χ1) is 14.2. The van der Waals surface area contributed by atoms with Crippen molar-refractivity contribution in [2.75, 3.05) is 37.6 Å². The zero-order chi connectivity index (χ0) is 19.8. The topological polar surface area (TPSA) is 39.3 Å². The number of pyridine rings is 1. The second kappa shape index (κ2) is 7.61. The van der Waals surface area contributed by atoms with Gasteiger partial charge in [-0.1, -0.05) is 12.1 Å². The Morgan fingerprint density at radius 1 is 0.966 bits per heavy atom. The lowest BCUT2D eigenvalue weighted by atomic mass is 10.1. The normalized spacial score (nSPS) is 15.4. The number of halogens is 1. The van der Waals surface area contributed by atoms with Gasteiger partial charge in [-0.3, -0.25) is 9.69 Å². The summed E-state index contributed by atoms with van der Waals surface area (Å²) >= 11 is 1.68. The third-order valence-electron chi connectivity index (χ3n) is 5.72. The number of piperazine rings is 1. The predicted molar refractivity (Wildman–Crippen MR) is 119 cm³/mol. The summed E-state index contributed by atoms with van der Waals surface area (Å²) in [4.78, 5) is 19.2. The van der Waals surface area contributed by atoms with Gasteiger partial charge < -0.3 is 9.88 Å². The molecule has 6 heteroatoms. The van der Waals surface area contributed by atoms with Gasteiger partial charge in [0, 0.05) is 44.3 Å². The fourth-order valence-corrected chi connectivity index (χ4v) is 5.04. The first-order valence-electron chi connectivity index (χ1n) is 9.92. The molecule has 5 rings (SSSR count). The second-order valence-corrected chi connectivity index (χ2v) is 8.50. The molecular formula is C23H22FN3OS. The molecule has 0 spiro atoms. The van der Waals surface area contributed by atoms with Crippen LogP contribution in [0.1, 0.15) is 5.56 Å².